The van der Waals surface area contributed by atoms with Crippen molar-refractivity contribution >= 4 is 0 Å². The zero-order chi connectivity index (χ0) is 12.8. The highest BCUT2D eigenvalue weighted by atomic mass is 16.5. The molecule has 0 saturated carbocycles. The third-order valence-electron chi connectivity index (χ3n) is 3.30. The molecule has 0 aliphatic carbocycles. The summed E-state index contributed by atoms with van der Waals surface area (Å²) in [6.07, 6.45) is 1.13. The molecule has 0 bridgehead atoms. The molecule has 0 fully saturated rings. The molecule has 0 aromatic heterocycles. The Hall–Kier alpha value is -1.76. The van der Waals surface area contributed by atoms with Crippen LogP contribution in [0, 0.1) is 0 Å². The Kier molecular flexibility index (Phi) is 4.40. The van der Waals surface area contributed by atoms with Gasteiger partial charge >= 0.3 is 0 Å². The molecule has 0 N–H and O–H groups in total. The van der Waals surface area contributed by atoms with Crippen molar-refractivity contribution in [1.29, 1.82) is 0 Å². The first-order valence-electron chi connectivity index (χ1n) is 6.57. The van der Waals surface area contributed by atoms with Crippen LogP contribution in [-0.2, 0) is 6.61 Å². The fourth-order valence-corrected chi connectivity index (χ4v) is 1.97. The fraction of sp³-hybridized carbons (Fsp3) is 0.294. The lowest BCUT2D eigenvalue weighted by molar-refractivity contribution is 0.301. The largest absolute Gasteiger partial charge is 0.489 e. The van der Waals surface area contributed by atoms with E-state index in [4.69, 9.17) is 4.74 Å². The van der Waals surface area contributed by atoms with Crippen molar-refractivity contribution in [1.82, 2.24) is 0 Å². The number of hydrogen-bond acceptors (Lipinski definition) is 1. The van der Waals surface area contributed by atoms with E-state index in [1.54, 1.807) is 0 Å². The quantitative estimate of drug-likeness (QED) is 0.731. The van der Waals surface area contributed by atoms with E-state index >= 15 is 0 Å². The Balaban J connectivity index is 2.10. The second kappa shape index (κ2) is 6.25. The second-order valence-electron chi connectivity index (χ2n) is 4.62. The van der Waals surface area contributed by atoms with Crippen molar-refractivity contribution < 1.29 is 4.74 Å². The molecule has 1 atom stereocenters. The smallest absolute Gasteiger partial charge is 0.123 e. The van der Waals surface area contributed by atoms with Crippen LogP contribution >= 0.6 is 0 Å². The molecule has 2 aromatic carbocycles. The van der Waals surface area contributed by atoms with Crippen molar-refractivity contribution in [2.24, 2.45) is 0 Å². The number of para-hydroxylation sites is 1. The Labute approximate surface area is 109 Å². The predicted molar refractivity (Wildman–Crippen MR) is 75.9 cm³/mol. The van der Waals surface area contributed by atoms with Crippen LogP contribution < -0.4 is 4.74 Å². The van der Waals surface area contributed by atoms with E-state index in [1.165, 1.54) is 11.1 Å². The molecule has 0 amide bonds. The van der Waals surface area contributed by atoms with Gasteiger partial charge in [-0.1, -0.05) is 62.4 Å². The Morgan fingerprint density at radius 3 is 2.33 bits per heavy atom. The van der Waals surface area contributed by atoms with Crippen molar-refractivity contribution in [2.45, 2.75) is 32.8 Å². The molecular weight excluding hydrogens is 220 g/mol. The highest BCUT2D eigenvalue weighted by Gasteiger charge is 2.09. The van der Waals surface area contributed by atoms with Gasteiger partial charge in [0.15, 0.2) is 0 Å². The first kappa shape index (κ1) is 12.7. The maximum absolute atomic E-state index is 5.95. The van der Waals surface area contributed by atoms with Crippen LogP contribution in [0.1, 0.15) is 37.3 Å². The summed E-state index contributed by atoms with van der Waals surface area (Å²) < 4.78 is 5.95. The topological polar surface area (TPSA) is 9.23 Å². The monoisotopic (exact) mass is 240 g/mol. The summed E-state index contributed by atoms with van der Waals surface area (Å²) in [5.74, 6) is 1.55. The maximum atomic E-state index is 5.95. The SMILES string of the molecule is CCC(C)c1ccccc1OCc1ccccc1. The van der Waals surface area contributed by atoms with Gasteiger partial charge in [0.05, 0.1) is 0 Å². The van der Waals surface area contributed by atoms with Gasteiger partial charge in [0, 0.05) is 0 Å². The molecule has 1 nitrogen and oxygen atoms in total. The standard InChI is InChI=1S/C17H20O/c1-3-14(2)16-11-7-8-12-17(16)18-13-15-9-5-4-6-10-15/h4-12,14H,3,13H2,1-2H3. The van der Waals surface area contributed by atoms with Crippen LogP contribution in [0.5, 0.6) is 5.75 Å². The number of rotatable bonds is 5. The lowest BCUT2D eigenvalue weighted by Gasteiger charge is -2.15. The summed E-state index contributed by atoms with van der Waals surface area (Å²) in [7, 11) is 0. The molecule has 0 spiro atoms. The van der Waals surface area contributed by atoms with Crippen molar-refractivity contribution in [3.63, 3.8) is 0 Å². The van der Waals surface area contributed by atoms with Crippen LogP contribution in [0.15, 0.2) is 54.6 Å². The van der Waals surface area contributed by atoms with E-state index in [1.807, 2.05) is 24.3 Å². The lowest BCUT2D eigenvalue weighted by atomic mass is 9.98. The van der Waals surface area contributed by atoms with Gasteiger partial charge in [-0.05, 0) is 29.5 Å². The molecule has 0 saturated heterocycles. The third-order valence-corrected chi connectivity index (χ3v) is 3.30. The minimum Gasteiger partial charge on any atom is -0.489 e. The highest BCUT2D eigenvalue weighted by molar-refractivity contribution is 5.36. The Bertz CT molecular complexity index is 476. The maximum Gasteiger partial charge on any atom is 0.123 e. The molecule has 1 heteroatoms. The normalized spacial score (nSPS) is 12.1. The van der Waals surface area contributed by atoms with E-state index in [0.29, 0.717) is 12.5 Å². The molecule has 0 aliphatic rings. The van der Waals surface area contributed by atoms with Gasteiger partial charge in [-0.3, -0.25) is 0 Å². The Morgan fingerprint density at radius 2 is 1.61 bits per heavy atom. The summed E-state index contributed by atoms with van der Waals surface area (Å²) in [4.78, 5) is 0. The molecule has 0 radical (unpaired) electrons. The summed E-state index contributed by atoms with van der Waals surface area (Å²) in [5, 5.41) is 0. The fourth-order valence-electron chi connectivity index (χ4n) is 1.97. The minimum atomic E-state index is 0.539. The number of hydrogen-bond donors (Lipinski definition) is 0. The van der Waals surface area contributed by atoms with Gasteiger partial charge < -0.3 is 4.74 Å². The second-order valence-corrected chi connectivity index (χ2v) is 4.62. The number of ether oxygens (including phenoxy) is 1. The average Bonchev–Trinajstić information content (AvgIpc) is 2.45. The van der Waals surface area contributed by atoms with Crippen molar-refractivity contribution in [3.8, 4) is 5.75 Å². The average molecular weight is 240 g/mol. The molecule has 18 heavy (non-hydrogen) atoms. The van der Waals surface area contributed by atoms with Gasteiger partial charge in [0.1, 0.15) is 12.4 Å². The lowest BCUT2D eigenvalue weighted by Crippen LogP contribution is -2.00. The van der Waals surface area contributed by atoms with E-state index in [-0.39, 0.29) is 0 Å². The van der Waals surface area contributed by atoms with Crippen molar-refractivity contribution in [2.75, 3.05) is 0 Å². The van der Waals surface area contributed by atoms with Crippen LogP contribution in [-0.4, -0.2) is 0 Å². The molecule has 0 aliphatic heterocycles. The summed E-state index contributed by atoms with van der Waals surface area (Å²) in [6, 6.07) is 18.6. The first-order valence-corrected chi connectivity index (χ1v) is 6.57. The van der Waals surface area contributed by atoms with Crippen molar-refractivity contribution in [3.05, 3.63) is 65.7 Å². The van der Waals surface area contributed by atoms with Gasteiger partial charge in [-0.2, -0.15) is 0 Å². The summed E-state index contributed by atoms with van der Waals surface area (Å²) in [6.45, 7) is 5.08. The van der Waals surface area contributed by atoms with Crippen LogP contribution in [0.4, 0.5) is 0 Å². The molecular formula is C17H20O. The molecule has 2 aromatic rings. The zero-order valence-electron chi connectivity index (χ0n) is 11.1. The first-order chi connectivity index (χ1) is 8.81. The summed E-state index contributed by atoms with van der Waals surface area (Å²) >= 11 is 0. The molecule has 1 unspecified atom stereocenters. The molecule has 2 rings (SSSR count). The van der Waals surface area contributed by atoms with Gasteiger partial charge in [0.2, 0.25) is 0 Å². The Morgan fingerprint density at radius 1 is 0.944 bits per heavy atom. The predicted octanol–water partition coefficient (Wildman–Crippen LogP) is 4.78. The van der Waals surface area contributed by atoms with Crippen LogP contribution in [0.3, 0.4) is 0 Å². The van der Waals surface area contributed by atoms with E-state index in [0.717, 1.165) is 12.2 Å². The minimum absolute atomic E-state index is 0.539. The van der Waals surface area contributed by atoms with Gasteiger partial charge in [0.25, 0.3) is 0 Å². The van der Waals surface area contributed by atoms with Crippen LogP contribution in [0.25, 0.3) is 0 Å². The zero-order valence-corrected chi connectivity index (χ0v) is 11.1. The van der Waals surface area contributed by atoms with Gasteiger partial charge in [-0.15, -0.1) is 0 Å². The molecule has 0 heterocycles. The van der Waals surface area contributed by atoms with Gasteiger partial charge in [-0.25, -0.2) is 0 Å². The number of benzene rings is 2. The summed E-state index contributed by atoms with van der Waals surface area (Å²) in [5.41, 5.74) is 2.51. The third kappa shape index (κ3) is 3.13. The van der Waals surface area contributed by atoms with E-state index < -0.39 is 0 Å². The van der Waals surface area contributed by atoms with Crippen LogP contribution in [0.2, 0.25) is 0 Å². The van der Waals surface area contributed by atoms with E-state index in [2.05, 4.69) is 44.2 Å². The van der Waals surface area contributed by atoms with E-state index in [9.17, 15) is 0 Å². The molecule has 94 valence electrons. The highest BCUT2D eigenvalue weighted by Crippen LogP contribution is 2.28.